The van der Waals surface area contributed by atoms with Crippen LogP contribution in [0.3, 0.4) is 0 Å². The molecule has 0 saturated heterocycles. The SMILES string of the molecule is CCCC(C)(N)C(=O)Nc1ccc(C(=O)NC)c(Cl)c1. The Morgan fingerprint density at radius 3 is 2.55 bits per heavy atom. The lowest BCUT2D eigenvalue weighted by atomic mass is 9.96. The zero-order chi connectivity index (χ0) is 15.3. The Balaban J connectivity index is 2.87. The molecule has 20 heavy (non-hydrogen) atoms. The van der Waals surface area contributed by atoms with Crippen molar-refractivity contribution in [1.82, 2.24) is 5.32 Å². The van der Waals surface area contributed by atoms with Gasteiger partial charge in [0.05, 0.1) is 16.1 Å². The van der Waals surface area contributed by atoms with Gasteiger partial charge in [-0.05, 0) is 31.5 Å². The first-order chi connectivity index (χ1) is 9.31. The first-order valence-corrected chi connectivity index (χ1v) is 6.81. The van der Waals surface area contributed by atoms with E-state index in [4.69, 9.17) is 17.3 Å². The Bertz CT molecular complexity index is 515. The number of hydrogen-bond acceptors (Lipinski definition) is 3. The molecule has 0 aromatic heterocycles. The van der Waals surface area contributed by atoms with Gasteiger partial charge < -0.3 is 16.4 Å². The normalized spacial score (nSPS) is 13.4. The molecule has 6 heteroatoms. The maximum atomic E-state index is 12.1. The number of rotatable bonds is 5. The number of anilines is 1. The van der Waals surface area contributed by atoms with Crippen LogP contribution in [0, 0.1) is 0 Å². The van der Waals surface area contributed by atoms with Gasteiger partial charge in [0.1, 0.15) is 0 Å². The lowest BCUT2D eigenvalue weighted by molar-refractivity contribution is -0.120. The predicted molar refractivity (Wildman–Crippen MR) is 81.0 cm³/mol. The first-order valence-electron chi connectivity index (χ1n) is 6.43. The minimum Gasteiger partial charge on any atom is -0.355 e. The van der Waals surface area contributed by atoms with Gasteiger partial charge in [0.25, 0.3) is 5.91 Å². The molecule has 110 valence electrons. The van der Waals surface area contributed by atoms with Crippen molar-refractivity contribution >= 4 is 29.1 Å². The van der Waals surface area contributed by atoms with Crippen molar-refractivity contribution in [2.75, 3.05) is 12.4 Å². The largest absolute Gasteiger partial charge is 0.355 e. The number of nitrogens with one attached hydrogen (secondary N) is 2. The summed E-state index contributed by atoms with van der Waals surface area (Å²) in [6.07, 6.45) is 1.40. The van der Waals surface area contributed by atoms with Gasteiger partial charge >= 0.3 is 0 Å². The standard InChI is InChI=1S/C14H20ClN3O2/c1-4-7-14(2,16)13(20)18-9-5-6-10(11(15)8-9)12(19)17-3/h5-6,8H,4,7,16H2,1-3H3,(H,17,19)(H,18,20). The summed E-state index contributed by atoms with van der Waals surface area (Å²) in [4.78, 5) is 23.6. The summed E-state index contributed by atoms with van der Waals surface area (Å²) < 4.78 is 0. The monoisotopic (exact) mass is 297 g/mol. The smallest absolute Gasteiger partial charge is 0.252 e. The van der Waals surface area contributed by atoms with Gasteiger partial charge in [-0.25, -0.2) is 0 Å². The molecule has 1 unspecified atom stereocenters. The fraction of sp³-hybridized carbons (Fsp3) is 0.429. The highest BCUT2D eigenvalue weighted by Gasteiger charge is 2.27. The first kappa shape index (κ1) is 16.5. The third-order valence-corrected chi connectivity index (χ3v) is 3.30. The van der Waals surface area contributed by atoms with Crippen molar-refractivity contribution in [2.45, 2.75) is 32.2 Å². The molecule has 0 heterocycles. The number of carbonyl (C=O) groups excluding carboxylic acids is 2. The molecule has 1 aromatic rings. The quantitative estimate of drug-likeness (QED) is 0.778. The molecule has 0 aliphatic carbocycles. The van der Waals surface area contributed by atoms with Gasteiger partial charge in [0.15, 0.2) is 0 Å². The number of halogens is 1. The number of carbonyl (C=O) groups is 2. The minimum absolute atomic E-state index is 0.274. The Labute approximate surface area is 123 Å². The van der Waals surface area contributed by atoms with Gasteiger partial charge in [-0.1, -0.05) is 24.9 Å². The van der Waals surface area contributed by atoms with E-state index in [-0.39, 0.29) is 16.8 Å². The molecule has 2 amide bonds. The van der Waals surface area contributed by atoms with Crippen LogP contribution in [0.5, 0.6) is 0 Å². The van der Waals surface area contributed by atoms with Crippen molar-refractivity contribution in [2.24, 2.45) is 5.73 Å². The molecule has 1 atom stereocenters. The molecule has 0 radical (unpaired) electrons. The summed E-state index contributed by atoms with van der Waals surface area (Å²) in [5, 5.41) is 5.48. The molecule has 0 fully saturated rings. The van der Waals surface area contributed by atoms with Crippen molar-refractivity contribution in [3.05, 3.63) is 28.8 Å². The summed E-state index contributed by atoms with van der Waals surface area (Å²) in [6.45, 7) is 3.65. The Morgan fingerprint density at radius 1 is 1.40 bits per heavy atom. The molecular weight excluding hydrogens is 278 g/mol. The summed E-state index contributed by atoms with van der Waals surface area (Å²) >= 11 is 6.02. The van der Waals surface area contributed by atoms with E-state index < -0.39 is 5.54 Å². The van der Waals surface area contributed by atoms with Crippen molar-refractivity contribution in [3.63, 3.8) is 0 Å². The Morgan fingerprint density at radius 2 is 2.05 bits per heavy atom. The predicted octanol–water partition coefficient (Wildman–Crippen LogP) is 2.16. The fourth-order valence-electron chi connectivity index (χ4n) is 1.82. The number of hydrogen-bond donors (Lipinski definition) is 3. The van der Waals surface area contributed by atoms with Crippen LogP contribution in [0.25, 0.3) is 0 Å². The molecule has 0 saturated carbocycles. The second-order valence-corrected chi connectivity index (χ2v) is 5.30. The van der Waals surface area contributed by atoms with Crippen LogP contribution in [0.4, 0.5) is 5.69 Å². The van der Waals surface area contributed by atoms with Crippen LogP contribution in [-0.4, -0.2) is 24.4 Å². The van der Waals surface area contributed by atoms with Crippen molar-refractivity contribution < 1.29 is 9.59 Å². The Kier molecular flexibility index (Phi) is 5.53. The fourth-order valence-corrected chi connectivity index (χ4v) is 2.08. The summed E-state index contributed by atoms with van der Waals surface area (Å²) in [5.41, 5.74) is 5.89. The minimum atomic E-state index is -0.930. The average molecular weight is 298 g/mol. The molecule has 0 bridgehead atoms. The second-order valence-electron chi connectivity index (χ2n) is 4.90. The molecule has 0 aliphatic rings. The molecule has 4 N–H and O–H groups in total. The average Bonchev–Trinajstić information content (AvgIpc) is 2.38. The van der Waals surface area contributed by atoms with Gasteiger partial charge in [0, 0.05) is 12.7 Å². The van der Waals surface area contributed by atoms with E-state index >= 15 is 0 Å². The van der Waals surface area contributed by atoms with Crippen LogP contribution in [0.1, 0.15) is 37.0 Å². The van der Waals surface area contributed by atoms with E-state index in [1.807, 2.05) is 6.92 Å². The topological polar surface area (TPSA) is 84.2 Å². The summed E-state index contributed by atoms with van der Waals surface area (Å²) in [5.74, 6) is -0.550. The second kappa shape index (κ2) is 6.72. The van der Waals surface area contributed by atoms with E-state index in [1.165, 1.54) is 13.1 Å². The van der Waals surface area contributed by atoms with Gasteiger partial charge in [-0.15, -0.1) is 0 Å². The number of benzene rings is 1. The number of nitrogens with two attached hydrogens (primary N) is 1. The van der Waals surface area contributed by atoms with Crippen molar-refractivity contribution in [3.8, 4) is 0 Å². The zero-order valence-corrected chi connectivity index (χ0v) is 12.7. The van der Waals surface area contributed by atoms with Crippen LogP contribution in [0.15, 0.2) is 18.2 Å². The van der Waals surface area contributed by atoms with E-state index in [0.29, 0.717) is 17.7 Å². The highest BCUT2D eigenvalue weighted by atomic mass is 35.5. The van der Waals surface area contributed by atoms with Crippen molar-refractivity contribution in [1.29, 1.82) is 0 Å². The van der Waals surface area contributed by atoms with Gasteiger partial charge in [-0.3, -0.25) is 9.59 Å². The maximum absolute atomic E-state index is 12.1. The summed E-state index contributed by atoms with van der Waals surface area (Å²) in [7, 11) is 1.53. The molecule has 0 spiro atoms. The molecular formula is C14H20ClN3O2. The highest BCUT2D eigenvalue weighted by molar-refractivity contribution is 6.34. The van der Waals surface area contributed by atoms with Crippen LogP contribution >= 0.6 is 11.6 Å². The summed E-state index contributed by atoms with van der Waals surface area (Å²) in [6, 6.07) is 4.72. The van der Waals surface area contributed by atoms with Gasteiger partial charge in [-0.2, -0.15) is 0 Å². The number of amides is 2. The van der Waals surface area contributed by atoms with E-state index in [9.17, 15) is 9.59 Å². The lowest BCUT2D eigenvalue weighted by Gasteiger charge is -2.23. The van der Waals surface area contributed by atoms with Crippen LogP contribution in [0.2, 0.25) is 5.02 Å². The van der Waals surface area contributed by atoms with E-state index in [0.717, 1.165) is 6.42 Å². The zero-order valence-electron chi connectivity index (χ0n) is 11.9. The highest BCUT2D eigenvalue weighted by Crippen LogP contribution is 2.22. The molecule has 1 aromatic carbocycles. The van der Waals surface area contributed by atoms with Gasteiger partial charge in [0.2, 0.25) is 5.91 Å². The molecule has 0 aliphatic heterocycles. The third-order valence-electron chi connectivity index (χ3n) is 2.99. The third kappa shape index (κ3) is 3.95. The van der Waals surface area contributed by atoms with Crippen LogP contribution in [-0.2, 0) is 4.79 Å². The van der Waals surface area contributed by atoms with E-state index in [1.54, 1.807) is 19.1 Å². The molecule has 5 nitrogen and oxygen atoms in total. The van der Waals surface area contributed by atoms with E-state index in [2.05, 4.69) is 10.6 Å². The Hall–Kier alpha value is -1.59. The lowest BCUT2D eigenvalue weighted by Crippen LogP contribution is -2.48. The van der Waals surface area contributed by atoms with Crippen LogP contribution < -0.4 is 16.4 Å². The molecule has 1 rings (SSSR count). The maximum Gasteiger partial charge on any atom is 0.252 e.